The van der Waals surface area contributed by atoms with Crippen molar-refractivity contribution in [2.75, 3.05) is 20.8 Å². The van der Waals surface area contributed by atoms with E-state index in [1.54, 1.807) is 14.2 Å². The normalized spacial score (nSPS) is 29.1. The molecule has 2 atom stereocenters. The minimum Gasteiger partial charge on any atom is -0.377 e. The molecule has 0 amide bonds. The van der Waals surface area contributed by atoms with Gasteiger partial charge in [0.05, 0.1) is 6.10 Å². The van der Waals surface area contributed by atoms with E-state index in [4.69, 9.17) is 14.2 Å². The monoisotopic (exact) mass is 188 g/mol. The lowest BCUT2D eigenvalue weighted by Gasteiger charge is -2.27. The maximum Gasteiger partial charge on any atom is 0.162 e. The molecular weight excluding hydrogens is 168 g/mol. The van der Waals surface area contributed by atoms with Crippen LogP contribution in [-0.2, 0) is 14.2 Å². The summed E-state index contributed by atoms with van der Waals surface area (Å²) in [4.78, 5) is 0. The second-order valence-electron chi connectivity index (χ2n) is 3.87. The molecule has 13 heavy (non-hydrogen) atoms. The third kappa shape index (κ3) is 2.42. The van der Waals surface area contributed by atoms with Crippen LogP contribution in [0.4, 0.5) is 0 Å². The molecule has 1 aliphatic heterocycles. The van der Waals surface area contributed by atoms with Gasteiger partial charge in [-0.15, -0.1) is 0 Å². The Labute approximate surface area is 80.4 Å². The number of hydrogen-bond acceptors (Lipinski definition) is 3. The third-order valence-corrected chi connectivity index (χ3v) is 2.65. The van der Waals surface area contributed by atoms with Gasteiger partial charge < -0.3 is 14.2 Å². The number of ether oxygens (including phenoxy) is 3. The van der Waals surface area contributed by atoms with Crippen molar-refractivity contribution in [1.82, 2.24) is 0 Å². The first kappa shape index (κ1) is 11.0. The van der Waals surface area contributed by atoms with Crippen LogP contribution < -0.4 is 0 Å². The first-order valence-corrected chi connectivity index (χ1v) is 4.88. The van der Waals surface area contributed by atoms with Gasteiger partial charge in [-0.2, -0.15) is 0 Å². The van der Waals surface area contributed by atoms with Crippen LogP contribution in [0.2, 0.25) is 0 Å². The fourth-order valence-corrected chi connectivity index (χ4v) is 2.05. The molecule has 0 saturated carbocycles. The van der Waals surface area contributed by atoms with Crippen LogP contribution in [0.1, 0.15) is 20.3 Å². The molecule has 0 unspecified atom stereocenters. The summed E-state index contributed by atoms with van der Waals surface area (Å²) in [6.45, 7) is 5.17. The molecule has 1 fully saturated rings. The van der Waals surface area contributed by atoms with Gasteiger partial charge in [-0.1, -0.05) is 13.8 Å². The van der Waals surface area contributed by atoms with Crippen LogP contribution in [-0.4, -0.2) is 33.2 Å². The van der Waals surface area contributed by atoms with Gasteiger partial charge in [-0.05, 0) is 12.3 Å². The number of hydrogen-bond donors (Lipinski definition) is 0. The molecule has 0 aromatic heterocycles. The van der Waals surface area contributed by atoms with Crippen LogP contribution in [0.15, 0.2) is 0 Å². The van der Waals surface area contributed by atoms with E-state index < -0.39 is 0 Å². The molecule has 0 radical (unpaired) electrons. The van der Waals surface area contributed by atoms with Gasteiger partial charge in [0.2, 0.25) is 0 Å². The average Bonchev–Trinajstić information content (AvgIpc) is 2.55. The Balaban J connectivity index is 2.55. The van der Waals surface area contributed by atoms with Crippen molar-refractivity contribution < 1.29 is 14.2 Å². The van der Waals surface area contributed by atoms with Crippen molar-refractivity contribution in [1.29, 1.82) is 0 Å². The van der Waals surface area contributed by atoms with Crippen molar-refractivity contribution in [3.8, 4) is 0 Å². The summed E-state index contributed by atoms with van der Waals surface area (Å²) in [5.74, 6) is 0.912. The molecule has 3 heteroatoms. The van der Waals surface area contributed by atoms with Crippen LogP contribution in [0.25, 0.3) is 0 Å². The van der Waals surface area contributed by atoms with Gasteiger partial charge in [0.25, 0.3) is 0 Å². The third-order valence-electron chi connectivity index (χ3n) is 2.65. The van der Waals surface area contributed by atoms with Crippen LogP contribution in [0.3, 0.4) is 0 Å². The fourth-order valence-electron chi connectivity index (χ4n) is 2.05. The topological polar surface area (TPSA) is 27.7 Å². The van der Waals surface area contributed by atoms with Gasteiger partial charge in [-0.3, -0.25) is 0 Å². The highest BCUT2D eigenvalue weighted by Gasteiger charge is 2.36. The SMILES string of the molecule is COC(OC)[C@H]1CCO[C@H]1C(C)C. The first-order valence-electron chi connectivity index (χ1n) is 4.88. The van der Waals surface area contributed by atoms with Crippen molar-refractivity contribution in [3.05, 3.63) is 0 Å². The fraction of sp³-hybridized carbons (Fsp3) is 1.00. The van der Waals surface area contributed by atoms with Gasteiger partial charge in [0.15, 0.2) is 6.29 Å². The first-order chi connectivity index (χ1) is 6.20. The zero-order chi connectivity index (χ0) is 9.84. The van der Waals surface area contributed by atoms with E-state index in [0.29, 0.717) is 11.8 Å². The Morgan fingerprint density at radius 1 is 1.23 bits per heavy atom. The zero-order valence-corrected chi connectivity index (χ0v) is 8.95. The summed E-state index contributed by atoms with van der Waals surface area (Å²) < 4.78 is 16.2. The lowest BCUT2D eigenvalue weighted by molar-refractivity contribution is -0.153. The molecule has 0 aromatic carbocycles. The minimum absolute atomic E-state index is 0.116. The summed E-state index contributed by atoms with van der Waals surface area (Å²) >= 11 is 0. The predicted octanol–water partition coefficient (Wildman–Crippen LogP) is 1.67. The summed E-state index contributed by atoms with van der Waals surface area (Å²) in [5.41, 5.74) is 0. The van der Waals surface area contributed by atoms with Crippen molar-refractivity contribution in [2.45, 2.75) is 32.7 Å². The van der Waals surface area contributed by atoms with Crippen molar-refractivity contribution >= 4 is 0 Å². The van der Waals surface area contributed by atoms with Crippen LogP contribution in [0.5, 0.6) is 0 Å². The Kier molecular flexibility index (Phi) is 4.16. The molecule has 78 valence electrons. The van der Waals surface area contributed by atoms with Crippen molar-refractivity contribution in [3.63, 3.8) is 0 Å². The molecule has 1 heterocycles. The Morgan fingerprint density at radius 2 is 1.85 bits per heavy atom. The minimum atomic E-state index is -0.116. The molecule has 0 aromatic rings. The average molecular weight is 188 g/mol. The molecule has 1 aliphatic rings. The largest absolute Gasteiger partial charge is 0.377 e. The maximum atomic E-state index is 5.65. The molecule has 1 saturated heterocycles. The van der Waals surface area contributed by atoms with Gasteiger partial charge in [0, 0.05) is 26.7 Å². The second kappa shape index (κ2) is 4.94. The highest BCUT2D eigenvalue weighted by Crippen LogP contribution is 2.30. The van der Waals surface area contributed by atoms with Crippen LogP contribution >= 0.6 is 0 Å². The lowest BCUT2D eigenvalue weighted by atomic mass is 9.92. The zero-order valence-electron chi connectivity index (χ0n) is 8.95. The van der Waals surface area contributed by atoms with E-state index in [9.17, 15) is 0 Å². The van der Waals surface area contributed by atoms with Gasteiger partial charge in [-0.25, -0.2) is 0 Å². The molecule has 3 nitrogen and oxygen atoms in total. The van der Waals surface area contributed by atoms with Gasteiger partial charge in [0.1, 0.15) is 0 Å². The number of rotatable bonds is 4. The summed E-state index contributed by atoms with van der Waals surface area (Å²) in [7, 11) is 3.37. The molecule has 0 bridgehead atoms. The second-order valence-corrected chi connectivity index (χ2v) is 3.87. The molecule has 0 spiro atoms. The standard InChI is InChI=1S/C10H20O3/c1-7(2)9-8(5-6-13-9)10(11-3)12-4/h7-10H,5-6H2,1-4H3/t8-,9-/m0/s1. The summed E-state index contributed by atoms with van der Waals surface area (Å²) in [6.07, 6.45) is 1.20. The molecule has 0 N–H and O–H groups in total. The van der Waals surface area contributed by atoms with E-state index in [1.807, 2.05) is 0 Å². The summed E-state index contributed by atoms with van der Waals surface area (Å²) in [5, 5.41) is 0. The highest BCUT2D eigenvalue weighted by atomic mass is 16.7. The maximum absolute atomic E-state index is 5.65. The van der Waals surface area contributed by atoms with Crippen LogP contribution in [0, 0.1) is 11.8 Å². The quantitative estimate of drug-likeness (QED) is 0.628. The van der Waals surface area contributed by atoms with Gasteiger partial charge >= 0.3 is 0 Å². The smallest absolute Gasteiger partial charge is 0.162 e. The Hall–Kier alpha value is -0.120. The van der Waals surface area contributed by atoms with E-state index in [-0.39, 0.29) is 12.4 Å². The predicted molar refractivity (Wildman–Crippen MR) is 50.5 cm³/mol. The number of methoxy groups -OCH3 is 2. The van der Waals surface area contributed by atoms with E-state index in [1.165, 1.54) is 0 Å². The Bertz CT molecular complexity index is 143. The molecular formula is C10H20O3. The van der Waals surface area contributed by atoms with E-state index >= 15 is 0 Å². The van der Waals surface area contributed by atoms with E-state index in [0.717, 1.165) is 13.0 Å². The highest BCUT2D eigenvalue weighted by molar-refractivity contribution is 4.81. The molecule has 0 aliphatic carbocycles. The molecule has 1 rings (SSSR count). The summed E-state index contributed by atoms with van der Waals surface area (Å²) in [6, 6.07) is 0. The lowest BCUT2D eigenvalue weighted by Crippen LogP contribution is -2.34. The Morgan fingerprint density at radius 3 is 2.31 bits per heavy atom. The van der Waals surface area contributed by atoms with Crippen molar-refractivity contribution in [2.24, 2.45) is 11.8 Å². The van der Waals surface area contributed by atoms with E-state index in [2.05, 4.69) is 13.8 Å².